The van der Waals surface area contributed by atoms with E-state index >= 15 is 0 Å². The topological polar surface area (TPSA) is 77.0 Å². The minimum absolute atomic E-state index is 0. The normalized spacial score (nSPS) is 16.2. The van der Waals surface area contributed by atoms with Crippen molar-refractivity contribution in [2.24, 2.45) is 10.9 Å². The van der Waals surface area contributed by atoms with Gasteiger partial charge in [0.25, 0.3) is 0 Å². The van der Waals surface area contributed by atoms with Gasteiger partial charge in [-0.2, -0.15) is 0 Å². The Morgan fingerprint density at radius 3 is 2.43 bits per heavy atom. The van der Waals surface area contributed by atoms with Crippen LogP contribution in [0, 0.1) is 5.92 Å². The minimum Gasteiger partial charge on any atom is -0.386 e. The number of likely N-dealkylation sites (tertiary alicyclic amines) is 1. The van der Waals surface area contributed by atoms with Crippen LogP contribution in [-0.2, 0) is 4.79 Å². The first-order valence-corrected chi connectivity index (χ1v) is 11.1. The van der Waals surface area contributed by atoms with Gasteiger partial charge in [-0.05, 0) is 38.7 Å². The van der Waals surface area contributed by atoms with Gasteiger partial charge in [0.05, 0.1) is 6.54 Å². The number of carbonyl (C=O) groups is 1. The van der Waals surface area contributed by atoms with E-state index in [-0.39, 0.29) is 48.4 Å². The Morgan fingerprint density at radius 2 is 1.87 bits per heavy atom. The Labute approximate surface area is 202 Å². The summed E-state index contributed by atoms with van der Waals surface area (Å²) >= 11 is 6.16. The summed E-state index contributed by atoms with van der Waals surface area (Å²) in [7, 11) is 0. The van der Waals surface area contributed by atoms with Gasteiger partial charge < -0.3 is 20.6 Å². The number of nitrogens with zero attached hydrogens (tertiary/aromatic N) is 2. The molecule has 2 rings (SSSR count). The fourth-order valence-electron chi connectivity index (χ4n) is 3.68. The van der Waals surface area contributed by atoms with Crippen molar-refractivity contribution in [2.75, 3.05) is 26.2 Å². The highest BCUT2D eigenvalue weighted by Crippen LogP contribution is 2.22. The van der Waals surface area contributed by atoms with E-state index < -0.39 is 6.10 Å². The van der Waals surface area contributed by atoms with Gasteiger partial charge in [-0.3, -0.25) is 9.79 Å². The van der Waals surface area contributed by atoms with Gasteiger partial charge >= 0.3 is 0 Å². The van der Waals surface area contributed by atoms with Crippen molar-refractivity contribution in [1.29, 1.82) is 0 Å². The second-order valence-electron chi connectivity index (χ2n) is 7.51. The molecule has 1 aromatic carbocycles. The monoisotopic (exact) mass is 550 g/mol. The average Bonchev–Trinajstić information content (AvgIpc) is 2.73. The van der Waals surface area contributed by atoms with E-state index in [1.54, 1.807) is 6.07 Å². The molecule has 1 fully saturated rings. The lowest BCUT2D eigenvalue weighted by Crippen LogP contribution is -2.50. The quantitative estimate of drug-likeness (QED) is 0.260. The molecular weight excluding hydrogens is 515 g/mol. The number of piperidine rings is 1. The Hall–Kier alpha value is -1.06. The highest BCUT2D eigenvalue weighted by molar-refractivity contribution is 14.0. The summed E-state index contributed by atoms with van der Waals surface area (Å²) in [4.78, 5) is 19.1. The van der Waals surface area contributed by atoms with Gasteiger partial charge in [0.2, 0.25) is 5.91 Å². The van der Waals surface area contributed by atoms with E-state index in [9.17, 15) is 9.90 Å². The number of nitrogens with one attached hydrogen (secondary N) is 2. The summed E-state index contributed by atoms with van der Waals surface area (Å²) in [6.45, 7) is 8.68. The Kier molecular flexibility index (Phi) is 12.7. The summed E-state index contributed by atoms with van der Waals surface area (Å²) < 4.78 is 0. The molecule has 0 aliphatic carbocycles. The lowest BCUT2D eigenvalue weighted by atomic mass is 9.98. The molecule has 0 bridgehead atoms. The van der Waals surface area contributed by atoms with Gasteiger partial charge in [-0.1, -0.05) is 43.6 Å². The van der Waals surface area contributed by atoms with E-state index in [0.29, 0.717) is 16.5 Å². The first-order valence-electron chi connectivity index (χ1n) is 10.8. The molecule has 1 amide bonds. The number of rotatable bonds is 8. The lowest BCUT2D eigenvalue weighted by molar-refractivity contribution is -0.136. The minimum atomic E-state index is -0.751. The Bertz CT molecular complexity index is 677. The van der Waals surface area contributed by atoms with Crippen LogP contribution in [0.25, 0.3) is 0 Å². The number of carbonyl (C=O) groups excluding carboxylic acids is 1. The number of aliphatic hydroxyl groups excluding tert-OH is 1. The van der Waals surface area contributed by atoms with Crippen LogP contribution in [0.4, 0.5) is 0 Å². The SMILES string of the molecule is CCNC(=NCC(O)c1ccccc1Cl)NC1CCN(C(=O)C(CC)CC)CC1.I. The zero-order chi connectivity index (χ0) is 21.2. The Morgan fingerprint density at radius 1 is 1.23 bits per heavy atom. The number of aliphatic hydroxyl groups is 1. The van der Waals surface area contributed by atoms with Crippen LogP contribution in [0.2, 0.25) is 5.02 Å². The highest BCUT2D eigenvalue weighted by Gasteiger charge is 2.26. The van der Waals surface area contributed by atoms with Crippen molar-refractivity contribution in [3.8, 4) is 0 Å². The van der Waals surface area contributed by atoms with E-state index in [1.165, 1.54) is 0 Å². The molecule has 1 aliphatic heterocycles. The maximum absolute atomic E-state index is 12.6. The van der Waals surface area contributed by atoms with E-state index in [1.807, 2.05) is 30.0 Å². The third-order valence-electron chi connectivity index (χ3n) is 5.51. The molecule has 1 saturated heterocycles. The summed E-state index contributed by atoms with van der Waals surface area (Å²) in [6.07, 6.45) is 2.84. The number of amides is 1. The van der Waals surface area contributed by atoms with Gasteiger partial charge in [-0.25, -0.2) is 0 Å². The third kappa shape index (κ3) is 7.89. The first kappa shape index (κ1) is 27.0. The zero-order valence-electron chi connectivity index (χ0n) is 18.2. The van der Waals surface area contributed by atoms with Gasteiger partial charge in [0.1, 0.15) is 6.10 Å². The molecule has 0 saturated carbocycles. The highest BCUT2D eigenvalue weighted by atomic mass is 127. The number of hydrogen-bond acceptors (Lipinski definition) is 3. The molecule has 1 unspecified atom stereocenters. The zero-order valence-corrected chi connectivity index (χ0v) is 21.3. The van der Waals surface area contributed by atoms with Crippen LogP contribution in [-0.4, -0.2) is 54.1 Å². The predicted octanol–water partition coefficient (Wildman–Crippen LogP) is 3.97. The molecule has 0 aromatic heterocycles. The summed E-state index contributed by atoms with van der Waals surface area (Å²) in [5.74, 6) is 1.12. The number of aliphatic imine (C=N–C) groups is 1. The molecule has 1 aliphatic rings. The number of hydrogen-bond donors (Lipinski definition) is 3. The van der Waals surface area contributed by atoms with E-state index in [4.69, 9.17) is 11.6 Å². The van der Waals surface area contributed by atoms with Crippen LogP contribution in [0.15, 0.2) is 29.3 Å². The third-order valence-corrected chi connectivity index (χ3v) is 5.86. The molecule has 170 valence electrons. The van der Waals surface area contributed by atoms with Crippen molar-refractivity contribution in [1.82, 2.24) is 15.5 Å². The van der Waals surface area contributed by atoms with Crippen molar-refractivity contribution in [2.45, 2.75) is 58.6 Å². The van der Waals surface area contributed by atoms with E-state index in [2.05, 4.69) is 29.5 Å². The van der Waals surface area contributed by atoms with Crippen molar-refractivity contribution in [3.05, 3.63) is 34.9 Å². The first-order chi connectivity index (χ1) is 14.0. The molecule has 1 heterocycles. The predicted molar refractivity (Wildman–Crippen MR) is 135 cm³/mol. The second kappa shape index (κ2) is 14.1. The molecule has 1 aromatic rings. The number of halogens is 2. The number of benzene rings is 1. The second-order valence-corrected chi connectivity index (χ2v) is 7.92. The van der Waals surface area contributed by atoms with Crippen LogP contribution >= 0.6 is 35.6 Å². The van der Waals surface area contributed by atoms with Crippen LogP contribution in [0.3, 0.4) is 0 Å². The fourth-order valence-corrected chi connectivity index (χ4v) is 3.94. The van der Waals surface area contributed by atoms with Gasteiger partial charge in [0, 0.05) is 42.2 Å². The molecule has 0 spiro atoms. The summed E-state index contributed by atoms with van der Waals surface area (Å²) in [6, 6.07) is 7.54. The maximum atomic E-state index is 12.6. The summed E-state index contributed by atoms with van der Waals surface area (Å²) in [5, 5.41) is 17.7. The average molecular weight is 551 g/mol. The maximum Gasteiger partial charge on any atom is 0.225 e. The van der Waals surface area contributed by atoms with Crippen molar-refractivity contribution in [3.63, 3.8) is 0 Å². The molecule has 6 nitrogen and oxygen atoms in total. The van der Waals surface area contributed by atoms with Crippen LogP contribution < -0.4 is 10.6 Å². The number of guanidine groups is 1. The molecule has 3 N–H and O–H groups in total. The molecule has 0 radical (unpaired) electrons. The molecule has 8 heteroatoms. The van der Waals surface area contributed by atoms with Crippen molar-refractivity contribution >= 4 is 47.4 Å². The largest absolute Gasteiger partial charge is 0.386 e. The molecule has 30 heavy (non-hydrogen) atoms. The smallest absolute Gasteiger partial charge is 0.225 e. The van der Waals surface area contributed by atoms with Crippen LogP contribution in [0.1, 0.15) is 58.1 Å². The van der Waals surface area contributed by atoms with Crippen LogP contribution in [0.5, 0.6) is 0 Å². The molecule has 1 atom stereocenters. The molecular formula is C22H36ClIN4O2. The fraction of sp³-hybridized carbons (Fsp3) is 0.636. The standard InChI is InChI=1S/C22H35ClN4O2.HI/c1-4-16(5-2)21(29)27-13-11-17(12-14-27)26-22(24-6-3)25-15-20(28)18-9-7-8-10-19(18)23;/h7-10,16-17,20,28H,4-6,11-15H2,1-3H3,(H2,24,25,26);1H. The van der Waals surface area contributed by atoms with Gasteiger partial charge in [0.15, 0.2) is 5.96 Å². The van der Waals surface area contributed by atoms with Gasteiger partial charge in [-0.15, -0.1) is 24.0 Å². The van der Waals surface area contributed by atoms with Crippen molar-refractivity contribution < 1.29 is 9.90 Å². The van der Waals surface area contributed by atoms with E-state index in [0.717, 1.165) is 45.3 Å². The lowest BCUT2D eigenvalue weighted by Gasteiger charge is -2.35. The Balaban J connectivity index is 0.00000450. The summed E-state index contributed by atoms with van der Waals surface area (Å²) in [5.41, 5.74) is 0.682.